The number of hydrogen-bond acceptors (Lipinski definition) is 1. The van der Waals surface area contributed by atoms with E-state index in [-0.39, 0.29) is 0 Å². The lowest BCUT2D eigenvalue weighted by Crippen LogP contribution is -1.94. The van der Waals surface area contributed by atoms with E-state index in [1.165, 1.54) is 49.0 Å². The summed E-state index contributed by atoms with van der Waals surface area (Å²) in [6.07, 6.45) is 0. The average molecular weight is 434 g/mol. The topological polar surface area (TPSA) is 18.1 Å². The van der Waals surface area contributed by atoms with Crippen molar-refractivity contribution in [3.05, 3.63) is 115 Å². The van der Waals surface area contributed by atoms with Crippen molar-refractivity contribution < 1.29 is 4.42 Å². The zero-order valence-electron chi connectivity index (χ0n) is 18.3. The fourth-order valence-corrected chi connectivity index (χ4v) is 5.60. The molecule has 0 radical (unpaired) electrons. The number of benzene rings is 6. The van der Waals surface area contributed by atoms with Gasteiger partial charge in [0, 0.05) is 27.2 Å². The van der Waals surface area contributed by atoms with Crippen molar-refractivity contribution in [1.82, 2.24) is 4.57 Å². The normalized spacial score (nSPS) is 12.1. The molecule has 6 aromatic carbocycles. The largest absolute Gasteiger partial charge is 0.456 e. The molecule has 34 heavy (non-hydrogen) atoms. The third-order valence-corrected chi connectivity index (χ3v) is 7.16. The predicted molar refractivity (Wildman–Crippen MR) is 143 cm³/mol. The van der Waals surface area contributed by atoms with Crippen LogP contribution < -0.4 is 0 Å². The second kappa shape index (κ2) is 6.49. The van der Waals surface area contributed by atoms with Crippen LogP contribution in [-0.2, 0) is 0 Å². The van der Waals surface area contributed by atoms with Crippen LogP contribution in [0.3, 0.4) is 0 Å². The Morgan fingerprint density at radius 3 is 2.09 bits per heavy atom. The summed E-state index contributed by atoms with van der Waals surface area (Å²) in [5, 5.41) is 9.84. The van der Waals surface area contributed by atoms with E-state index in [0.29, 0.717) is 0 Å². The molecule has 0 amide bonds. The third kappa shape index (κ3) is 2.35. The highest BCUT2D eigenvalue weighted by Crippen LogP contribution is 2.38. The third-order valence-electron chi connectivity index (χ3n) is 7.16. The van der Waals surface area contributed by atoms with Crippen molar-refractivity contribution >= 4 is 65.3 Å². The van der Waals surface area contributed by atoms with Crippen molar-refractivity contribution in [1.29, 1.82) is 0 Å². The first kappa shape index (κ1) is 17.9. The molecule has 0 bridgehead atoms. The maximum absolute atomic E-state index is 6.21. The Bertz CT molecular complexity index is 2070. The van der Waals surface area contributed by atoms with Gasteiger partial charge in [-0.2, -0.15) is 0 Å². The number of aromatic nitrogens is 1. The molecule has 0 aliphatic rings. The first-order valence-corrected chi connectivity index (χ1v) is 11.6. The Hall–Kier alpha value is -4.56. The SMILES string of the molecule is c1ccc2c(c1)ccc1cc(-n3c4ccccc4c4cc5oc6ccccc6c5cc43)ccc12. The zero-order valence-corrected chi connectivity index (χ0v) is 18.3. The van der Waals surface area contributed by atoms with E-state index in [9.17, 15) is 0 Å². The van der Waals surface area contributed by atoms with Crippen LogP contribution >= 0.6 is 0 Å². The van der Waals surface area contributed by atoms with Gasteiger partial charge in [0.1, 0.15) is 11.2 Å². The minimum absolute atomic E-state index is 0.929. The molecule has 0 saturated carbocycles. The molecule has 0 aliphatic carbocycles. The van der Waals surface area contributed by atoms with E-state index in [1.54, 1.807) is 0 Å². The number of hydrogen-bond donors (Lipinski definition) is 0. The lowest BCUT2D eigenvalue weighted by atomic mass is 10.0. The van der Waals surface area contributed by atoms with E-state index in [1.807, 2.05) is 12.1 Å². The number of fused-ring (bicyclic) bond motifs is 9. The molecule has 2 aromatic heterocycles. The molecule has 2 heteroatoms. The molecule has 0 fully saturated rings. The molecular formula is C32H19NO. The van der Waals surface area contributed by atoms with Crippen LogP contribution in [0, 0.1) is 0 Å². The second-order valence-corrected chi connectivity index (χ2v) is 9.01. The van der Waals surface area contributed by atoms with Gasteiger partial charge in [-0.15, -0.1) is 0 Å². The average Bonchev–Trinajstić information content (AvgIpc) is 3.42. The Kier molecular flexibility index (Phi) is 3.42. The maximum atomic E-state index is 6.21. The van der Waals surface area contributed by atoms with Gasteiger partial charge >= 0.3 is 0 Å². The summed E-state index contributed by atoms with van der Waals surface area (Å²) in [5.41, 5.74) is 5.43. The van der Waals surface area contributed by atoms with Gasteiger partial charge in [-0.05, 0) is 57.9 Å². The second-order valence-electron chi connectivity index (χ2n) is 9.01. The first-order chi connectivity index (χ1) is 16.8. The Morgan fingerprint density at radius 2 is 1.15 bits per heavy atom. The Balaban J connectivity index is 1.49. The van der Waals surface area contributed by atoms with Gasteiger partial charge in [0.15, 0.2) is 0 Å². The van der Waals surface area contributed by atoms with Crippen LogP contribution in [0.1, 0.15) is 0 Å². The summed E-state index contributed by atoms with van der Waals surface area (Å²) in [6, 6.07) is 41.3. The van der Waals surface area contributed by atoms with Crippen LogP contribution in [0.25, 0.3) is 71.0 Å². The van der Waals surface area contributed by atoms with Gasteiger partial charge in [-0.25, -0.2) is 0 Å². The van der Waals surface area contributed by atoms with Crippen molar-refractivity contribution in [2.24, 2.45) is 0 Å². The first-order valence-electron chi connectivity index (χ1n) is 11.6. The summed E-state index contributed by atoms with van der Waals surface area (Å²) in [5.74, 6) is 0. The molecule has 8 aromatic rings. The number of rotatable bonds is 1. The van der Waals surface area contributed by atoms with Gasteiger partial charge in [0.2, 0.25) is 0 Å². The summed E-state index contributed by atoms with van der Waals surface area (Å²) in [7, 11) is 0. The molecule has 8 rings (SSSR count). The molecule has 0 atom stereocenters. The molecule has 0 spiro atoms. The Morgan fingerprint density at radius 1 is 0.412 bits per heavy atom. The van der Waals surface area contributed by atoms with Crippen LogP contribution in [0.15, 0.2) is 120 Å². The van der Waals surface area contributed by atoms with E-state index in [0.717, 1.165) is 21.9 Å². The van der Waals surface area contributed by atoms with E-state index in [2.05, 4.69) is 108 Å². The van der Waals surface area contributed by atoms with Crippen LogP contribution in [0.2, 0.25) is 0 Å². The molecule has 158 valence electrons. The molecule has 0 saturated heterocycles. The minimum atomic E-state index is 0.929. The van der Waals surface area contributed by atoms with Crippen molar-refractivity contribution in [3.8, 4) is 5.69 Å². The highest BCUT2D eigenvalue weighted by molar-refractivity contribution is 6.17. The van der Waals surface area contributed by atoms with Gasteiger partial charge < -0.3 is 8.98 Å². The maximum Gasteiger partial charge on any atom is 0.136 e. The highest BCUT2D eigenvalue weighted by Gasteiger charge is 2.16. The standard InChI is InChI=1S/C32H19NO/c1-2-8-23-20(7-1)13-14-21-17-22(15-16-24(21)23)33-29-11-5-3-9-25(29)27-19-32-28(18-30(27)33)26-10-4-6-12-31(26)34-32/h1-19H. The van der Waals surface area contributed by atoms with Gasteiger partial charge in [-0.1, -0.05) is 78.9 Å². The van der Waals surface area contributed by atoms with E-state index >= 15 is 0 Å². The number of nitrogens with zero attached hydrogens (tertiary/aromatic N) is 1. The monoisotopic (exact) mass is 433 g/mol. The quantitative estimate of drug-likeness (QED) is 0.236. The summed E-state index contributed by atoms with van der Waals surface area (Å²) >= 11 is 0. The summed E-state index contributed by atoms with van der Waals surface area (Å²) < 4.78 is 8.60. The minimum Gasteiger partial charge on any atom is -0.456 e. The van der Waals surface area contributed by atoms with Gasteiger partial charge in [0.25, 0.3) is 0 Å². The lowest BCUT2D eigenvalue weighted by molar-refractivity contribution is 0.669. The van der Waals surface area contributed by atoms with Crippen molar-refractivity contribution in [3.63, 3.8) is 0 Å². The van der Waals surface area contributed by atoms with Crippen LogP contribution in [-0.4, -0.2) is 4.57 Å². The van der Waals surface area contributed by atoms with Crippen molar-refractivity contribution in [2.75, 3.05) is 0 Å². The Labute approximate surface area is 195 Å². The zero-order chi connectivity index (χ0) is 22.2. The molecule has 2 nitrogen and oxygen atoms in total. The van der Waals surface area contributed by atoms with E-state index < -0.39 is 0 Å². The highest BCUT2D eigenvalue weighted by atomic mass is 16.3. The summed E-state index contributed by atoms with van der Waals surface area (Å²) in [6.45, 7) is 0. The smallest absolute Gasteiger partial charge is 0.136 e. The number of furan rings is 1. The van der Waals surface area contributed by atoms with Gasteiger partial charge in [0.05, 0.1) is 11.0 Å². The van der Waals surface area contributed by atoms with Crippen molar-refractivity contribution in [2.45, 2.75) is 0 Å². The van der Waals surface area contributed by atoms with Crippen LogP contribution in [0.4, 0.5) is 0 Å². The van der Waals surface area contributed by atoms with E-state index in [4.69, 9.17) is 4.42 Å². The van der Waals surface area contributed by atoms with Gasteiger partial charge in [-0.3, -0.25) is 0 Å². The fourth-order valence-electron chi connectivity index (χ4n) is 5.60. The fraction of sp³-hybridized carbons (Fsp3) is 0. The molecule has 0 unspecified atom stereocenters. The molecular weight excluding hydrogens is 414 g/mol. The molecule has 0 N–H and O–H groups in total. The van der Waals surface area contributed by atoms with Crippen LogP contribution in [0.5, 0.6) is 0 Å². The predicted octanol–water partition coefficient (Wildman–Crippen LogP) is 8.99. The summed E-state index contributed by atoms with van der Waals surface area (Å²) in [4.78, 5) is 0. The molecule has 0 aliphatic heterocycles. The number of para-hydroxylation sites is 2. The molecule has 2 heterocycles. The lowest BCUT2D eigenvalue weighted by Gasteiger charge is -2.11.